The molecule has 5 heteroatoms. The van der Waals surface area contributed by atoms with Gasteiger partial charge in [-0.3, -0.25) is 4.98 Å². The van der Waals surface area contributed by atoms with E-state index in [0.717, 1.165) is 16.6 Å². The number of fused-ring (bicyclic) bond motifs is 1. The van der Waals surface area contributed by atoms with Crippen LogP contribution in [0.5, 0.6) is 17.2 Å². The Bertz CT molecular complexity index is 641. The van der Waals surface area contributed by atoms with Gasteiger partial charge in [0.1, 0.15) is 0 Å². The zero-order valence-electron chi connectivity index (χ0n) is 12.3. The van der Waals surface area contributed by atoms with Crippen LogP contribution >= 0.6 is 11.6 Å². The third kappa shape index (κ3) is 2.36. The zero-order chi connectivity index (χ0) is 14.9. The van der Waals surface area contributed by atoms with Crippen molar-refractivity contribution in [2.75, 3.05) is 21.3 Å². The number of rotatable bonds is 4. The third-order valence-electron chi connectivity index (χ3n) is 3.16. The standard InChI is InChI=1S/C15H18ClNO3/c1-8(2)10-6-9(16)13-11(17-10)7-12(18-3)14(19-4)15(13)20-5/h6-8H,1-5H3. The summed E-state index contributed by atoms with van der Waals surface area (Å²) in [6, 6.07) is 3.68. The lowest BCUT2D eigenvalue weighted by atomic mass is 10.1. The van der Waals surface area contributed by atoms with Crippen LogP contribution in [0.15, 0.2) is 12.1 Å². The highest BCUT2D eigenvalue weighted by atomic mass is 35.5. The van der Waals surface area contributed by atoms with Gasteiger partial charge in [0.25, 0.3) is 0 Å². The Morgan fingerprint density at radius 2 is 1.65 bits per heavy atom. The first kappa shape index (κ1) is 14.7. The summed E-state index contributed by atoms with van der Waals surface area (Å²) in [6.45, 7) is 4.14. The minimum atomic E-state index is 0.288. The lowest BCUT2D eigenvalue weighted by Gasteiger charge is -2.16. The maximum Gasteiger partial charge on any atom is 0.204 e. The van der Waals surface area contributed by atoms with Crippen LogP contribution in [0.25, 0.3) is 10.9 Å². The maximum atomic E-state index is 6.40. The number of ether oxygens (including phenoxy) is 3. The molecule has 0 bridgehead atoms. The molecular weight excluding hydrogens is 278 g/mol. The molecule has 2 rings (SSSR count). The van der Waals surface area contributed by atoms with Crippen LogP contribution in [0.1, 0.15) is 25.5 Å². The van der Waals surface area contributed by atoms with Gasteiger partial charge in [-0.2, -0.15) is 0 Å². The lowest BCUT2D eigenvalue weighted by Crippen LogP contribution is -1.99. The second kappa shape index (κ2) is 5.75. The van der Waals surface area contributed by atoms with Crippen molar-refractivity contribution in [2.24, 2.45) is 0 Å². The number of hydrogen-bond donors (Lipinski definition) is 0. The van der Waals surface area contributed by atoms with Crippen molar-refractivity contribution in [3.05, 3.63) is 22.8 Å². The van der Waals surface area contributed by atoms with Crippen molar-refractivity contribution < 1.29 is 14.2 Å². The number of pyridine rings is 1. The van der Waals surface area contributed by atoms with E-state index in [-0.39, 0.29) is 5.92 Å². The smallest absolute Gasteiger partial charge is 0.204 e. The monoisotopic (exact) mass is 295 g/mol. The summed E-state index contributed by atoms with van der Waals surface area (Å²) >= 11 is 6.40. The minimum Gasteiger partial charge on any atom is -0.493 e. The molecule has 0 unspecified atom stereocenters. The Balaban J connectivity index is 2.87. The predicted molar refractivity (Wildman–Crippen MR) is 80.5 cm³/mol. The molecular formula is C15H18ClNO3. The molecule has 0 saturated carbocycles. The molecule has 0 amide bonds. The molecule has 0 N–H and O–H groups in total. The van der Waals surface area contributed by atoms with Gasteiger partial charge in [0.15, 0.2) is 11.5 Å². The fourth-order valence-electron chi connectivity index (χ4n) is 2.13. The Labute approximate surface area is 123 Å². The second-order valence-electron chi connectivity index (χ2n) is 4.72. The lowest BCUT2D eigenvalue weighted by molar-refractivity contribution is 0.327. The SMILES string of the molecule is COc1cc2nc(C(C)C)cc(Cl)c2c(OC)c1OC. The average Bonchev–Trinajstić information content (AvgIpc) is 2.44. The largest absolute Gasteiger partial charge is 0.493 e. The van der Waals surface area contributed by atoms with E-state index < -0.39 is 0 Å². The Morgan fingerprint density at radius 1 is 1.00 bits per heavy atom. The van der Waals surface area contributed by atoms with Gasteiger partial charge in [-0.05, 0) is 12.0 Å². The van der Waals surface area contributed by atoms with Crippen molar-refractivity contribution in [1.82, 2.24) is 4.98 Å². The summed E-state index contributed by atoms with van der Waals surface area (Å²) in [7, 11) is 4.72. The molecule has 108 valence electrons. The number of aromatic nitrogens is 1. The average molecular weight is 296 g/mol. The quantitative estimate of drug-likeness (QED) is 0.853. The van der Waals surface area contributed by atoms with Crippen LogP contribution in [0, 0.1) is 0 Å². The van der Waals surface area contributed by atoms with Gasteiger partial charge in [-0.15, -0.1) is 0 Å². The zero-order valence-corrected chi connectivity index (χ0v) is 13.0. The summed E-state index contributed by atoms with van der Waals surface area (Å²) in [6.07, 6.45) is 0. The van der Waals surface area contributed by atoms with Crippen LogP contribution in [-0.2, 0) is 0 Å². The summed E-state index contributed by atoms with van der Waals surface area (Å²) < 4.78 is 16.1. The molecule has 0 aliphatic heterocycles. The topological polar surface area (TPSA) is 40.6 Å². The van der Waals surface area contributed by atoms with Gasteiger partial charge < -0.3 is 14.2 Å². The molecule has 0 fully saturated rings. The van der Waals surface area contributed by atoms with E-state index in [4.69, 9.17) is 25.8 Å². The normalized spacial score (nSPS) is 10.9. The van der Waals surface area contributed by atoms with E-state index in [9.17, 15) is 0 Å². The van der Waals surface area contributed by atoms with Gasteiger partial charge in [-0.1, -0.05) is 25.4 Å². The molecule has 0 atom stereocenters. The molecule has 0 aliphatic rings. The number of benzene rings is 1. The molecule has 2 aromatic rings. The molecule has 20 heavy (non-hydrogen) atoms. The van der Waals surface area contributed by atoms with Crippen LogP contribution in [0.3, 0.4) is 0 Å². The van der Waals surface area contributed by atoms with Gasteiger partial charge in [0.05, 0.1) is 37.3 Å². The van der Waals surface area contributed by atoms with Gasteiger partial charge in [0, 0.05) is 11.8 Å². The fraction of sp³-hybridized carbons (Fsp3) is 0.400. The molecule has 1 aromatic carbocycles. The van der Waals surface area contributed by atoms with Gasteiger partial charge >= 0.3 is 0 Å². The van der Waals surface area contributed by atoms with Crippen LogP contribution < -0.4 is 14.2 Å². The van der Waals surface area contributed by atoms with Crippen molar-refractivity contribution in [1.29, 1.82) is 0 Å². The van der Waals surface area contributed by atoms with E-state index in [0.29, 0.717) is 22.3 Å². The van der Waals surface area contributed by atoms with Crippen molar-refractivity contribution in [2.45, 2.75) is 19.8 Å². The first-order valence-electron chi connectivity index (χ1n) is 6.32. The van der Waals surface area contributed by atoms with E-state index in [1.807, 2.05) is 12.1 Å². The Morgan fingerprint density at radius 3 is 2.15 bits per heavy atom. The van der Waals surface area contributed by atoms with Crippen LogP contribution in [0.2, 0.25) is 5.02 Å². The summed E-state index contributed by atoms with van der Waals surface area (Å²) in [5.41, 5.74) is 1.66. The van der Waals surface area contributed by atoms with E-state index in [2.05, 4.69) is 18.8 Å². The maximum absolute atomic E-state index is 6.40. The Hall–Kier alpha value is -1.68. The molecule has 0 spiro atoms. The molecule has 0 aliphatic carbocycles. The highest BCUT2D eigenvalue weighted by molar-refractivity contribution is 6.36. The van der Waals surface area contributed by atoms with E-state index in [1.165, 1.54) is 0 Å². The number of hydrogen-bond acceptors (Lipinski definition) is 4. The summed E-state index contributed by atoms with van der Waals surface area (Å²) in [5.74, 6) is 1.91. The molecule has 1 aromatic heterocycles. The molecule has 4 nitrogen and oxygen atoms in total. The Kier molecular flexibility index (Phi) is 4.23. The van der Waals surface area contributed by atoms with Gasteiger partial charge in [-0.25, -0.2) is 0 Å². The summed E-state index contributed by atoms with van der Waals surface area (Å²) in [5, 5.41) is 1.33. The number of methoxy groups -OCH3 is 3. The third-order valence-corrected chi connectivity index (χ3v) is 3.46. The first-order valence-corrected chi connectivity index (χ1v) is 6.70. The minimum absolute atomic E-state index is 0.288. The van der Waals surface area contributed by atoms with Crippen molar-refractivity contribution >= 4 is 22.5 Å². The highest BCUT2D eigenvalue weighted by Crippen LogP contribution is 2.45. The fourth-order valence-corrected chi connectivity index (χ4v) is 2.43. The molecule has 0 radical (unpaired) electrons. The number of halogens is 1. The van der Waals surface area contributed by atoms with Crippen molar-refractivity contribution in [3.8, 4) is 17.2 Å². The van der Waals surface area contributed by atoms with Crippen LogP contribution in [0.4, 0.5) is 0 Å². The van der Waals surface area contributed by atoms with E-state index >= 15 is 0 Å². The first-order chi connectivity index (χ1) is 9.53. The van der Waals surface area contributed by atoms with Crippen molar-refractivity contribution in [3.63, 3.8) is 0 Å². The second-order valence-corrected chi connectivity index (χ2v) is 5.13. The predicted octanol–water partition coefficient (Wildman–Crippen LogP) is 4.04. The molecule has 1 heterocycles. The van der Waals surface area contributed by atoms with Gasteiger partial charge in [0.2, 0.25) is 5.75 Å². The summed E-state index contributed by atoms with van der Waals surface area (Å²) in [4.78, 5) is 4.63. The number of nitrogens with zero attached hydrogens (tertiary/aromatic N) is 1. The van der Waals surface area contributed by atoms with E-state index in [1.54, 1.807) is 21.3 Å². The highest BCUT2D eigenvalue weighted by Gasteiger charge is 2.20. The molecule has 0 saturated heterocycles. The van der Waals surface area contributed by atoms with Crippen LogP contribution in [-0.4, -0.2) is 26.3 Å².